The standard InChI is InChI=1S/C21H23FN2O5/c1-4-28-11-7-10-24-20(26)15(12-23)13(2)18(21(24)27)19(25)14(3)29-17-9-6-5-8-16(17)22/h5-6,8-9,14,27H,4,7,10-11H2,1-3H3. The summed E-state index contributed by atoms with van der Waals surface area (Å²) in [6, 6.07) is 7.42. The second kappa shape index (κ2) is 9.85. The van der Waals surface area contributed by atoms with Crippen LogP contribution in [-0.4, -0.2) is 34.8 Å². The number of carbonyl (C=O) groups is 1. The molecule has 8 heteroatoms. The zero-order valence-corrected chi connectivity index (χ0v) is 16.6. The molecule has 0 radical (unpaired) electrons. The maximum absolute atomic E-state index is 13.8. The molecule has 1 atom stereocenters. The van der Waals surface area contributed by atoms with Gasteiger partial charge in [-0.2, -0.15) is 5.26 Å². The summed E-state index contributed by atoms with van der Waals surface area (Å²) in [5, 5.41) is 20.0. The first-order chi connectivity index (χ1) is 13.8. The van der Waals surface area contributed by atoms with Gasteiger partial charge in [0.1, 0.15) is 11.6 Å². The van der Waals surface area contributed by atoms with Crippen molar-refractivity contribution in [3.8, 4) is 17.7 Å². The molecule has 1 heterocycles. The van der Waals surface area contributed by atoms with E-state index in [-0.39, 0.29) is 29.0 Å². The molecule has 0 bridgehead atoms. The molecule has 0 spiro atoms. The fourth-order valence-corrected chi connectivity index (χ4v) is 2.91. The third kappa shape index (κ3) is 4.81. The van der Waals surface area contributed by atoms with Crippen LogP contribution in [0.5, 0.6) is 11.6 Å². The normalized spacial score (nSPS) is 11.7. The second-order valence-electron chi connectivity index (χ2n) is 6.37. The number of pyridine rings is 1. The molecule has 0 aliphatic carbocycles. The van der Waals surface area contributed by atoms with E-state index in [1.54, 1.807) is 12.1 Å². The molecule has 0 saturated heterocycles. The van der Waals surface area contributed by atoms with E-state index in [1.165, 1.54) is 32.0 Å². The van der Waals surface area contributed by atoms with Gasteiger partial charge in [-0.1, -0.05) is 12.1 Å². The van der Waals surface area contributed by atoms with Crippen molar-refractivity contribution in [1.82, 2.24) is 4.57 Å². The Labute approximate surface area is 167 Å². The number of aromatic hydroxyl groups is 1. The Morgan fingerprint density at radius 1 is 1.38 bits per heavy atom. The lowest BCUT2D eigenvalue weighted by molar-refractivity contribution is 0.0806. The second-order valence-corrected chi connectivity index (χ2v) is 6.37. The number of nitrogens with zero attached hydrogens (tertiary/aromatic N) is 2. The van der Waals surface area contributed by atoms with Crippen LogP contribution in [0.4, 0.5) is 4.39 Å². The number of nitriles is 1. The summed E-state index contributed by atoms with van der Waals surface area (Å²) in [7, 11) is 0. The van der Waals surface area contributed by atoms with Gasteiger partial charge >= 0.3 is 0 Å². The Balaban J connectivity index is 2.42. The molecule has 0 aliphatic heterocycles. The minimum atomic E-state index is -1.16. The fourth-order valence-electron chi connectivity index (χ4n) is 2.91. The Bertz CT molecular complexity index is 994. The predicted molar refractivity (Wildman–Crippen MR) is 104 cm³/mol. The van der Waals surface area contributed by atoms with Crippen molar-refractivity contribution in [2.45, 2.75) is 39.8 Å². The molecule has 154 valence electrons. The van der Waals surface area contributed by atoms with Gasteiger partial charge in [-0.25, -0.2) is 4.39 Å². The molecule has 0 fully saturated rings. The first kappa shape index (κ1) is 22.1. The van der Waals surface area contributed by atoms with Crippen molar-refractivity contribution in [2.24, 2.45) is 0 Å². The highest BCUT2D eigenvalue weighted by molar-refractivity contribution is 6.03. The summed E-state index contributed by atoms with van der Waals surface area (Å²) < 4.78 is 25.4. The zero-order valence-electron chi connectivity index (χ0n) is 16.6. The van der Waals surface area contributed by atoms with E-state index < -0.39 is 29.1 Å². The van der Waals surface area contributed by atoms with Gasteiger partial charge in [-0.15, -0.1) is 0 Å². The van der Waals surface area contributed by atoms with E-state index in [2.05, 4.69) is 0 Å². The first-order valence-corrected chi connectivity index (χ1v) is 9.23. The van der Waals surface area contributed by atoms with Crippen LogP contribution >= 0.6 is 0 Å². The van der Waals surface area contributed by atoms with Crippen LogP contribution in [0, 0.1) is 24.1 Å². The predicted octanol–water partition coefficient (Wildman–Crippen LogP) is 2.95. The molecule has 0 saturated carbocycles. The SMILES string of the molecule is CCOCCCn1c(O)c(C(=O)C(C)Oc2ccccc2F)c(C)c(C#N)c1=O. The van der Waals surface area contributed by atoms with E-state index in [4.69, 9.17) is 9.47 Å². The molecular weight excluding hydrogens is 379 g/mol. The lowest BCUT2D eigenvalue weighted by Crippen LogP contribution is -2.31. The number of ketones is 1. The largest absolute Gasteiger partial charge is 0.494 e. The molecule has 2 rings (SSSR count). The summed E-state index contributed by atoms with van der Waals surface area (Å²) in [4.78, 5) is 25.5. The van der Waals surface area contributed by atoms with Gasteiger partial charge < -0.3 is 14.6 Å². The number of benzene rings is 1. The van der Waals surface area contributed by atoms with Gasteiger partial charge in [0.25, 0.3) is 5.56 Å². The Morgan fingerprint density at radius 3 is 2.69 bits per heavy atom. The summed E-state index contributed by atoms with van der Waals surface area (Å²) in [6.07, 6.45) is -0.748. The number of Topliss-reactive ketones (excluding diaryl/α,β-unsaturated/α-hetero) is 1. The van der Waals surface area contributed by atoms with E-state index in [9.17, 15) is 24.3 Å². The Morgan fingerprint density at radius 2 is 2.07 bits per heavy atom. The molecule has 0 amide bonds. The first-order valence-electron chi connectivity index (χ1n) is 9.23. The van der Waals surface area contributed by atoms with Crippen molar-refractivity contribution in [3.05, 3.63) is 57.1 Å². The highest BCUT2D eigenvalue weighted by Crippen LogP contribution is 2.25. The number of rotatable bonds is 9. The number of para-hydroxylation sites is 1. The van der Waals surface area contributed by atoms with Gasteiger partial charge in [0.2, 0.25) is 11.7 Å². The minimum Gasteiger partial charge on any atom is -0.494 e. The van der Waals surface area contributed by atoms with Crippen molar-refractivity contribution < 1.29 is 23.8 Å². The molecule has 0 aliphatic rings. The van der Waals surface area contributed by atoms with Crippen LogP contribution in [-0.2, 0) is 11.3 Å². The third-order valence-corrected chi connectivity index (χ3v) is 4.43. The Kier molecular flexibility index (Phi) is 7.51. The van der Waals surface area contributed by atoms with Gasteiger partial charge in [0.15, 0.2) is 17.7 Å². The van der Waals surface area contributed by atoms with E-state index >= 15 is 0 Å². The van der Waals surface area contributed by atoms with Crippen LogP contribution in [0.1, 0.15) is 41.8 Å². The van der Waals surface area contributed by atoms with Crippen LogP contribution in [0.3, 0.4) is 0 Å². The van der Waals surface area contributed by atoms with E-state index in [0.29, 0.717) is 19.6 Å². The molecule has 2 aromatic rings. The van der Waals surface area contributed by atoms with Gasteiger partial charge in [-0.05, 0) is 44.9 Å². The average Bonchev–Trinajstić information content (AvgIpc) is 2.69. The van der Waals surface area contributed by atoms with Crippen molar-refractivity contribution >= 4 is 5.78 Å². The maximum Gasteiger partial charge on any atom is 0.271 e. The summed E-state index contributed by atoms with van der Waals surface area (Å²) in [5.74, 6) is -1.96. The molecule has 1 unspecified atom stereocenters. The number of carbonyl (C=O) groups excluding carboxylic acids is 1. The molecular formula is C21H23FN2O5. The van der Waals surface area contributed by atoms with Crippen LogP contribution in [0.15, 0.2) is 29.1 Å². The van der Waals surface area contributed by atoms with Crippen LogP contribution < -0.4 is 10.3 Å². The van der Waals surface area contributed by atoms with E-state index in [1.807, 2.05) is 6.92 Å². The minimum absolute atomic E-state index is 0.0602. The van der Waals surface area contributed by atoms with Gasteiger partial charge in [0, 0.05) is 19.8 Å². The van der Waals surface area contributed by atoms with Crippen LogP contribution in [0.25, 0.3) is 0 Å². The molecule has 1 N–H and O–H groups in total. The van der Waals surface area contributed by atoms with Crippen LogP contribution in [0.2, 0.25) is 0 Å². The number of hydrogen-bond acceptors (Lipinski definition) is 6. The van der Waals surface area contributed by atoms with E-state index in [0.717, 1.165) is 4.57 Å². The maximum atomic E-state index is 13.8. The molecule has 1 aromatic carbocycles. The third-order valence-electron chi connectivity index (χ3n) is 4.43. The summed E-state index contributed by atoms with van der Waals surface area (Å²) >= 11 is 0. The average molecular weight is 402 g/mol. The zero-order chi connectivity index (χ0) is 21.6. The topological polar surface area (TPSA) is 102 Å². The lowest BCUT2D eigenvalue weighted by atomic mass is 9.99. The van der Waals surface area contributed by atoms with Crippen molar-refractivity contribution in [3.63, 3.8) is 0 Å². The Hall–Kier alpha value is -3.18. The molecule has 7 nitrogen and oxygen atoms in total. The van der Waals surface area contributed by atoms with Crippen molar-refractivity contribution in [2.75, 3.05) is 13.2 Å². The smallest absolute Gasteiger partial charge is 0.271 e. The number of ether oxygens (including phenoxy) is 2. The number of halogens is 1. The quantitative estimate of drug-likeness (QED) is 0.511. The fraction of sp³-hybridized carbons (Fsp3) is 0.381. The highest BCUT2D eigenvalue weighted by atomic mass is 19.1. The van der Waals surface area contributed by atoms with Gasteiger partial charge in [0.05, 0.1) is 5.56 Å². The number of hydrogen-bond donors (Lipinski definition) is 1. The summed E-state index contributed by atoms with van der Waals surface area (Å²) in [6.45, 7) is 5.58. The van der Waals surface area contributed by atoms with Crippen molar-refractivity contribution in [1.29, 1.82) is 5.26 Å². The number of aromatic nitrogens is 1. The molecule has 1 aromatic heterocycles. The lowest BCUT2D eigenvalue weighted by Gasteiger charge is -2.19. The van der Waals surface area contributed by atoms with Gasteiger partial charge in [-0.3, -0.25) is 14.2 Å². The molecule has 29 heavy (non-hydrogen) atoms. The summed E-state index contributed by atoms with van der Waals surface area (Å²) in [5.41, 5.74) is -1.05. The monoisotopic (exact) mass is 402 g/mol. The highest BCUT2D eigenvalue weighted by Gasteiger charge is 2.28.